The molecule has 2 aliphatic heterocycles. The first kappa shape index (κ1) is 19.9. The van der Waals surface area contributed by atoms with Crippen molar-refractivity contribution in [1.29, 1.82) is 0 Å². The van der Waals surface area contributed by atoms with Gasteiger partial charge < -0.3 is 9.84 Å². The molecule has 1 N–H and O–H groups in total. The maximum Gasteiger partial charge on any atom is 0.328 e. The summed E-state index contributed by atoms with van der Waals surface area (Å²) in [6.45, 7) is 2.27. The van der Waals surface area contributed by atoms with Crippen LogP contribution >= 0.6 is 11.6 Å². The van der Waals surface area contributed by atoms with Crippen LogP contribution in [0.25, 0.3) is 0 Å². The summed E-state index contributed by atoms with van der Waals surface area (Å²) >= 11 is 6.04. The monoisotopic (exact) mass is 414 g/mol. The Morgan fingerprint density at radius 2 is 1.83 bits per heavy atom. The zero-order chi connectivity index (χ0) is 20.4. The summed E-state index contributed by atoms with van der Waals surface area (Å²) in [4.78, 5) is 28.8. The molecule has 6 nitrogen and oxygen atoms in total. The van der Waals surface area contributed by atoms with Crippen LogP contribution in [0.4, 0.5) is 0 Å². The van der Waals surface area contributed by atoms with Crippen LogP contribution in [-0.4, -0.2) is 58.2 Å². The smallest absolute Gasteiger partial charge is 0.328 e. The summed E-state index contributed by atoms with van der Waals surface area (Å²) in [6.07, 6.45) is 1.13. The van der Waals surface area contributed by atoms with Crippen molar-refractivity contribution in [3.8, 4) is 0 Å². The largest absolute Gasteiger partial charge is 0.480 e. The molecule has 0 saturated carbocycles. The lowest BCUT2D eigenvalue weighted by Gasteiger charge is -2.44. The van der Waals surface area contributed by atoms with Crippen LogP contribution < -0.4 is 0 Å². The van der Waals surface area contributed by atoms with Crippen molar-refractivity contribution in [1.82, 2.24) is 9.80 Å². The van der Waals surface area contributed by atoms with Crippen molar-refractivity contribution in [3.63, 3.8) is 0 Å². The predicted molar refractivity (Wildman–Crippen MR) is 109 cm³/mol. The van der Waals surface area contributed by atoms with Crippen molar-refractivity contribution in [2.45, 2.75) is 31.2 Å². The van der Waals surface area contributed by atoms with Crippen molar-refractivity contribution < 1.29 is 19.4 Å². The molecule has 2 aromatic rings. The van der Waals surface area contributed by atoms with Gasteiger partial charge in [0.2, 0.25) is 0 Å². The minimum atomic E-state index is -1.05. The number of carbonyl (C=O) groups excluding carboxylic acids is 1. The minimum Gasteiger partial charge on any atom is -0.480 e. The zero-order valence-corrected chi connectivity index (χ0v) is 16.7. The van der Waals surface area contributed by atoms with Crippen molar-refractivity contribution in [2.24, 2.45) is 0 Å². The highest BCUT2D eigenvalue weighted by atomic mass is 35.5. The molecule has 1 amide bonds. The fourth-order valence-corrected chi connectivity index (χ4v) is 4.41. The molecule has 152 valence electrons. The lowest BCUT2D eigenvalue weighted by Crippen LogP contribution is -2.58. The number of rotatable bonds is 4. The quantitative estimate of drug-likeness (QED) is 0.831. The van der Waals surface area contributed by atoms with E-state index in [-0.39, 0.29) is 12.5 Å². The summed E-state index contributed by atoms with van der Waals surface area (Å²) in [6, 6.07) is 15.8. The van der Waals surface area contributed by atoms with Gasteiger partial charge in [-0.2, -0.15) is 0 Å². The summed E-state index contributed by atoms with van der Waals surface area (Å²) in [5.41, 5.74) is 0.710. The van der Waals surface area contributed by atoms with Gasteiger partial charge in [-0.1, -0.05) is 48.0 Å². The summed E-state index contributed by atoms with van der Waals surface area (Å²) in [5, 5.41) is 10.1. The van der Waals surface area contributed by atoms with E-state index in [2.05, 4.69) is 17.0 Å². The van der Waals surface area contributed by atoms with Crippen LogP contribution in [0.1, 0.15) is 28.8 Å². The number of carbonyl (C=O) groups is 2. The molecule has 1 spiro atoms. The van der Waals surface area contributed by atoms with Crippen LogP contribution in [-0.2, 0) is 16.1 Å². The number of ether oxygens (including phenoxy) is 1. The number of aliphatic carboxylic acids is 1. The summed E-state index contributed by atoms with van der Waals surface area (Å²) < 4.78 is 6.00. The molecule has 0 aliphatic carbocycles. The molecule has 0 bridgehead atoms. The van der Waals surface area contributed by atoms with Gasteiger partial charge in [-0.25, -0.2) is 4.79 Å². The Hall–Kier alpha value is -2.41. The second kappa shape index (κ2) is 8.14. The molecule has 2 aliphatic rings. The van der Waals surface area contributed by atoms with Gasteiger partial charge in [0.25, 0.3) is 5.91 Å². The number of carboxylic acid groups (broad SMARTS) is 1. The maximum absolute atomic E-state index is 13.3. The van der Waals surface area contributed by atoms with Gasteiger partial charge in [-0.3, -0.25) is 14.6 Å². The van der Waals surface area contributed by atoms with Crippen molar-refractivity contribution in [2.75, 3.05) is 19.7 Å². The van der Waals surface area contributed by atoms with Crippen LogP contribution in [0.15, 0.2) is 54.6 Å². The van der Waals surface area contributed by atoms with Crippen molar-refractivity contribution in [3.05, 3.63) is 70.7 Å². The summed E-state index contributed by atoms with van der Waals surface area (Å²) in [7, 11) is 0. The van der Waals surface area contributed by atoms with Gasteiger partial charge in [0.05, 0.1) is 6.61 Å². The van der Waals surface area contributed by atoms with E-state index < -0.39 is 17.7 Å². The molecule has 0 aromatic heterocycles. The number of likely N-dealkylation sites (tertiary alicyclic amines) is 1. The van der Waals surface area contributed by atoms with E-state index >= 15 is 0 Å². The van der Waals surface area contributed by atoms with Gasteiger partial charge in [0.1, 0.15) is 5.72 Å². The first-order chi connectivity index (χ1) is 14.0. The topological polar surface area (TPSA) is 70.1 Å². The zero-order valence-electron chi connectivity index (χ0n) is 16.0. The second-order valence-electron chi connectivity index (χ2n) is 7.56. The van der Waals surface area contributed by atoms with E-state index in [1.807, 2.05) is 18.2 Å². The fourth-order valence-electron chi connectivity index (χ4n) is 4.22. The molecular formula is C22H23ClN2O4. The molecule has 2 saturated heterocycles. The lowest BCUT2D eigenvalue weighted by atomic mass is 9.96. The average molecular weight is 415 g/mol. The molecular weight excluding hydrogens is 392 g/mol. The Bertz CT molecular complexity index is 897. The van der Waals surface area contributed by atoms with E-state index in [0.29, 0.717) is 23.4 Å². The Morgan fingerprint density at radius 1 is 1.10 bits per heavy atom. The number of nitrogens with zero attached hydrogens (tertiary/aromatic N) is 2. The van der Waals surface area contributed by atoms with E-state index in [1.165, 1.54) is 10.5 Å². The number of piperidine rings is 1. The molecule has 29 heavy (non-hydrogen) atoms. The third-order valence-corrected chi connectivity index (χ3v) is 5.96. The highest BCUT2D eigenvalue weighted by Gasteiger charge is 2.54. The van der Waals surface area contributed by atoms with Crippen LogP contribution in [0.5, 0.6) is 0 Å². The molecule has 2 heterocycles. The molecule has 7 heteroatoms. The second-order valence-corrected chi connectivity index (χ2v) is 7.99. The number of halogens is 1. The number of hydrogen-bond acceptors (Lipinski definition) is 4. The van der Waals surface area contributed by atoms with E-state index in [0.717, 1.165) is 19.6 Å². The highest BCUT2D eigenvalue weighted by molar-refractivity contribution is 6.31. The van der Waals surface area contributed by atoms with Gasteiger partial charge in [-0.15, -0.1) is 0 Å². The first-order valence-electron chi connectivity index (χ1n) is 9.71. The molecule has 0 unspecified atom stereocenters. The Kier molecular flexibility index (Phi) is 5.58. The Balaban J connectivity index is 1.54. The molecule has 0 radical (unpaired) electrons. The normalized spacial score (nSPS) is 21.4. The maximum atomic E-state index is 13.3. The Morgan fingerprint density at radius 3 is 2.48 bits per heavy atom. The fraction of sp³-hybridized carbons (Fsp3) is 0.364. The lowest BCUT2D eigenvalue weighted by molar-refractivity contribution is -0.144. The van der Waals surface area contributed by atoms with Gasteiger partial charge in [0.15, 0.2) is 6.04 Å². The van der Waals surface area contributed by atoms with Crippen LogP contribution in [0, 0.1) is 0 Å². The standard InChI is InChI=1S/C22H23ClN2O4/c23-18-8-4-7-17(13-18)20(26)25-19(21(27)28)15-29-22(25)9-11-24(12-10-22)14-16-5-2-1-3-6-16/h1-8,13,19H,9-12,14-15H2,(H,27,28)/t19-/m0/s1. The highest BCUT2D eigenvalue weighted by Crippen LogP contribution is 2.39. The SMILES string of the molecule is O=C(O)[C@@H]1COC2(CCN(Cc3ccccc3)CC2)N1C(=O)c1cccc(Cl)c1. The van der Waals surface area contributed by atoms with E-state index in [4.69, 9.17) is 16.3 Å². The molecule has 2 fully saturated rings. The number of hydrogen-bond donors (Lipinski definition) is 1. The van der Waals surface area contributed by atoms with E-state index in [9.17, 15) is 14.7 Å². The first-order valence-corrected chi connectivity index (χ1v) is 10.1. The summed E-state index contributed by atoms with van der Waals surface area (Å²) in [5.74, 6) is -1.40. The minimum absolute atomic E-state index is 0.000322. The van der Waals surface area contributed by atoms with E-state index in [1.54, 1.807) is 24.3 Å². The molecule has 4 rings (SSSR count). The Labute approximate surface area is 174 Å². The average Bonchev–Trinajstić information content (AvgIpc) is 3.09. The third-order valence-electron chi connectivity index (χ3n) is 5.72. The van der Waals surface area contributed by atoms with Gasteiger partial charge in [0, 0.05) is 43.1 Å². The third kappa shape index (κ3) is 4.01. The van der Waals surface area contributed by atoms with Gasteiger partial charge in [-0.05, 0) is 23.8 Å². The van der Waals surface area contributed by atoms with Crippen LogP contribution in [0.3, 0.4) is 0 Å². The van der Waals surface area contributed by atoms with Crippen molar-refractivity contribution >= 4 is 23.5 Å². The number of amides is 1. The predicted octanol–water partition coefficient (Wildman–Crippen LogP) is 3.26. The van der Waals surface area contributed by atoms with Crippen LogP contribution in [0.2, 0.25) is 5.02 Å². The molecule has 2 aromatic carbocycles. The number of benzene rings is 2. The number of carboxylic acids is 1. The molecule has 1 atom stereocenters. The van der Waals surface area contributed by atoms with Gasteiger partial charge >= 0.3 is 5.97 Å².